The smallest absolute Gasteiger partial charge is 0.274 e. The molecule has 0 atom stereocenters. The van der Waals surface area contributed by atoms with Crippen LogP contribution < -0.4 is 0 Å². The number of aromatic nitrogens is 1. The van der Waals surface area contributed by atoms with Crippen molar-refractivity contribution in [2.24, 2.45) is 0 Å². The standard InChI is InChI=1S/C21H21N3O3S2/c25-20-19(29-21(28)23(20)16-8-2-1-3-9-16)13-17-10-6-12-22(17)14-15-7-4-5-11-18(15)24(26)27/h4-7,10-13,16H,1-3,8-9,14H2/b19-13-. The quantitative estimate of drug-likeness (QED) is 0.291. The number of nitrogens with zero attached hydrogens (tertiary/aromatic N) is 3. The fourth-order valence-corrected chi connectivity index (χ4v) is 5.36. The van der Waals surface area contributed by atoms with Crippen molar-refractivity contribution in [1.82, 2.24) is 9.47 Å². The number of hydrogen-bond acceptors (Lipinski definition) is 5. The Morgan fingerprint density at radius 2 is 1.93 bits per heavy atom. The van der Waals surface area contributed by atoms with Crippen molar-refractivity contribution in [2.45, 2.75) is 44.7 Å². The summed E-state index contributed by atoms with van der Waals surface area (Å²) in [6.45, 7) is 0.360. The van der Waals surface area contributed by atoms with Crippen LogP contribution in [-0.4, -0.2) is 30.7 Å². The van der Waals surface area contributed by atoms with Gasteiger partial charge < -0.3 is 4.57 Å². The zero-order valence-corrected chi connectivity index (χ0v) is 17.5. The van der Waals surface area contributed by atoms with E-state index in [9.17, 15) is 14.9 Å². The van der Waals surface area contributed by atoms with Crippen molar-refractivity contribution < 1.29 is 9.72 Å². The first-order chi connectivity index (χ1) is 14.0. The van der Waals surface area contributed by atoms with E-state index in [0.29, 0.717) is 21.3 Å². The number of nitro benzene ring substituents is 1. The molecule has 0 unspecified atom stereocenters. The summed E-state index contributed by atoms with van der Waals surface area (Å²) in [6.07, 6.45) is 9.22. The number of thiocarbonyl (C=S) groups is 1. The Balaban J connectivity index is 1.57. The van der Waals surface area contributed by atoms with E-state index in [2.05, 4.69) is 0 Å². The SMILES string of the molecule is O=C1/C(=C/c2cccn2Cc2ccccc2[N+](=O)[O-])SC(=S)N1C1CCCCC1. The van der Waals surface area contributed by atoms with Gasteiger partial charge in [-0.05, 0) is 31.1 Å². The van der Waals surface area contributed by atoms with Crippen LogP contribution in [-0.2, 0) is 11.3 Å². The highest BCUT2D eigenvalue weighted by atomic mass is 32.2. The monoisotopic (exact) mass is 427 g/mol. The lowest BCUT2D eigenvalue weighted by molar-refractivity contribution is -0.385. The fourth-order valence-electron chi connectivity index (χ4n) is 3.98. The lowest BCUT2D eigenvalue weighted by Crippen LogP contribution is -2.39. The maximum atomic E-state index is 13.0. The highest BCUT2D eigenvalue weighted by Crippen LogP contribution is 2.37. The van der Waals surface area contributed by atoms with Gasteiger partial charge in [0.05, 0.1) is 16.4 Å². The van der Waals surface area contributed by atoms with Crippen LogP contribution in [0.2, 0.25) is 0 Å². The molecule has 0 radical (unpaired) electrons. The first kappa shape index (κ1) is 19.8. The van der Waals surface area contributed by atoms with E-state index in [4.69, 9.17) is 12.2 Å². The van der Waals surface area contributed by atoms with Gasteiger partial charge in [-0.25, -0.2) is 0 Å². The number of nitro groups is 1. The molecule has 1 saturated carbocycles. The summed E-state index contributed by atoms with van der Waals surface area (Å²) < 4.78 is 2.54. The molecule has 4 rings (SSSR count). The molecule has 2 fully saturated rings. The number of hydrogen-bond donors (Lipinski definition) is 0. The predicted molar refractivity (Wildman–Crippen MR) is 119 cm³/mol. The van der Waals surface area contributed by atoms with Gasteiger partial charge in [0.25, 0.3) is 11.6 Å². The number of amides is 1. The predicted octanol–water partition coefficient (Wildman–Crippen LogP) is 4.98. The minimum Gasteiger partial charge on any atom is -0.343 e. The van der Waals surface area contributed by atoms with Gasteiger partial charge in [0.2, 0.25) is 0 Å². The topological polar surface area (TPSA) is 68.4 Å². The largest absolute Gasteiger partial charge is 0.343 e. The molecule has 1 aliphatic carbocycles. The average Bonchev–Trinajstić information content (AvgIpc) is 3.26. The summed E-state index contributed by atoms with van der Waals surface area (Å²) in [4.78, 5) is 26.3. The van der Waals surface area contributed by atoms with Gasteiger partial charge in [-0.15, -0.1) is 0 Å². The van der Waals surface area contributed by atoms with Crippen molar-refractivity contribution in [1.29, 1.82) is 0 Å². The Kier molecular flexibility index (Phi) is 5.82. The Labute approximate surface area is 178 Å². The lowest BCUT2D eigenvalue weighted by atomic mass is 9.94. The van der Waals surface area contributed by atoms with Gasteiger partial charge in [0.1, 0.15) is 4.32 Å². The van der Waals surface area contributed by atoms with Crippen LogP contribution in [0.15, 0.2) is 47.5 Å². The molecule has 1 amide bonds. The van der Waals surface area contributed by atoms with Crippen molar-refractivity contribution in [3.63, 3.8) is 0 Å². The third-order valence-electron chi connectivity index (χ3n) is 5.44. The zero-order chi connectivity index (χ0) is 20.4. The summed E-state index contributed by atoms with van der Waals surface area (Å²) in [7, 11) is 0. The van der Waals surface area contributed by atoms with Gasteiger partial charge in [-0.3, -0.25) is 19.8 Å². The zero-order valence-electron chi connectivity index (χ0n) is 15.8. The number of para-hydroxylation sites is 1. The van der Waals surface area contributed by atoms with Gasteiger partial charge in [0.15, 0.2) is 0 Å². The Morgan fingerprint density at radius 3 is 2.69 bits per heavy atom. The number of carbonyl (C=O) groups excluding carboxylic acids is 1. The van der Waals surface area contributed by atoms with Gasteiger partial charge in [-0.2, -0.15) is 0 Å². The van der Waals surface area contributed by atoms with Gasteiger partial charge in [0, 0.05) is 29.6 Å². The maximum absolute atomic E-state index is 13.0. The van der Waals surface area contributed by atoms with Crippen LogP contribution >= 0.6 is 24.0 Å². The molecule has 0 N–H and O–H groups in total. The maximum Gasteiger partial charge on any atom is 0.274 e. The minimum absolute atomic E-state index is 0.0228. The number of carbonyl (C=O) groups is 1. The average molecular weight is 428 g/mol. The van der Waals surface area contributed by atoms with E-state index >= 15 is 0 Å². The van der Waals surface area contributed by atoms with Crippen LogP contribution in [0, 0.1) is 10.1 Å². The molecule has 2 heterocycles. The second kappa shape index (κ2) is 8.51. The molecule has 0 bridgehead atoms. The second-order valence-corrected chi connectivity index (χ2v) is 8.97. The van der Waals surface area contributed by atoms with E-state index in [0.717, 1.165) is 31.4 Å². The summed E-state index contributed by atoms with van der Waals surface area (Å²) >= 11 is 6.84. The molecule has 150 valence electrons. The molecule has 8 heteroatoms. The highest BCUT2D eigenvalue weighted by molar-refractivity contribution is 8.26. The Morgan fingerprint density at radius 1 is 1.17 bits per heavy atom. The van der Waals surface area contributed by atoms with Crippen LogP contribution in [0.25, 0.3) is 6.08 Å². The van der Waals surface area contributed by atoms with Crippen molar-refractivity contribution in [2.75, 3.05) is 0 Å². The molecule has 29 heavy (non-hydrogen) atoms. The molecule has 1 aromatic heterocycles. The Hall–Kier alpha value is -2.45. The minimum atomic E-state index is -0.367. The van der Waals surface area contributed by atoms with E-state index in [1.807, 2.05) is 29.0 Å². The van der Waals surface area contributed by atoms with Crippen molar-refractivity contribution in [3.05, 3.63) is 68.9 Å². The first-order valence-electron chi connectivity index (χ1n) is 9.69. The molecule has 2 aliphatic rings. The number of thioether (sulfide) groups is 1. The molecule has 1 aromatic carbocycles. The number of benzene rings is 1. The third-order valence-corrected chi connectivity index (χ3v) is 6.77. The van der Waals surface area contributed by atoms with E-state index < -0.39 is 0 Å². The first-order valence-corrected chi connectivity index (χ1v) is 10.9. The van der Waals surface area contributed by atoms with Crippen LogP contribution in [0.1, 0.15) is 43.4 Å². The van der Waals surface area contributed by atoms with Gasteiger partial charge >= 0.3 is 0 Å². The van der Waals surface area contributed by atoms with Crippen LogP contribution in [0.4, 0.5) is 5.69 Å². The summed E-state index contributed by atoms with van der Waals surface area (Å²) in [5.41, 5.74) is 1.54. The second-order valence-electron chi connectivity index (χ2n) is 7.29. The number of rotatable bonds is 5. The summed E-state index contributed by atoms with van der Waals surface area (Å²) in [5.74, 6) is -0.0228. The molecule has 1 aliphatic heterocycles. The third kappa shape index (κ3) is 4.13. The van der Waals surface area contributed by atoms with Crippen LogP contribution in [0.5, 0.6) is 0 Å². The fraction of sp³-hybridized carbons (Fsp3) is 0.333. The van der Waals surface area contributed by atoms with E-state index in [1.165, 1.54) is 24.2 Å². The van der Waals surface area contributed by atoms with E-state index in [1.54, 1.807) is 23.1 Å². The van der Waals surface area contributed by atoms with Crippen molar-refractivity contribution >= 4 is 46.0 Å². The van der Waals surface area contributed by atoms with Crippen LogP contribution in [0.3, 0.4) is 0 Å². The molecule has 0 spiro atoms. The summed E-state index contributed by atoms with van der Waals surface area (Å²) in [5, 5.41) is 11.3. The molecule has 6 nitrogen and oxygen atoms in total. The lowest BCUT2D eigenvalue weighted by Gasteiger charge is -2.29. The molecular weight excluding hydrogens is 406 g/mol. The van der Waals surface area contributed by atoms with Crippen molar-refractivity contribution in [3.8, 4) is 0 Å². The molecule has 2 aromatic rings. The highest BCUT2D eigenvalue weighted by Gasteiger charge is 2.37. The Bertz CT molecular complexity index is 993. The van der Waals surface area contributed by atoms with E-state index in [-0.39, 0.29) is 22.6 Å². The normalized spacial score (nSPS) is 19.3. The molecule has 1 saturated heterocycles. The molecular formula is C21H21N3O3S2. The summed E-state index contributed by atoms with van der Waals surface area (Å²) in [6, 6.07) is 10.7. The van der Waals surface area contributed by atoms with Gasteiger partial charge in [-0.1, -0.05) is 61.4 Å².